The predicted octanol–water partition coefficient (Wildman–Crippen LogP) is 6.84. The fraction of sp³-hybridized carbons (Fsp3) is 0.240. The summed E-state index contributed by atoms with van der Waals surface area (Å²) in [6.45, 7) is 8.55. The van der Waals surface area contributed by atoms with Gasteiger partial charge >= 0.3 is 0 Å². The van der Waals surface area contributed by atoms with E-state index in [0.717, 1.165) is 17.0 Å². The summed E-state index contributed by atoms with van der Waals surface area (Å²) in [6.07, 6.45) is 0. The number of thioether (sulfide) groups is 1. The van der Waals surface area contributed by atoms with E-state index in [1.54, 1.807) is 0 Å². The minimum absolute atomic E-state index is 0.0741. The molecule has 1 N–H and O–H groups in total. The maximum atomic E-state index is 12.6. The third kappa shape index (κ3) is 5.26. The molecule has 3 heteroatoms. The molecule has 0 spiro atoms. The highest BCUT2D eigenvalue weighted by Crippen LogP contribution is 2.26. The molecule has 2 nitrogen and oxygen atoms in total. The first kappa shape index (κ1) is 20.2. The third-order valence-corrected chi connectivity index (χ3v) is 5.78. The molecule has 0 aliphatic carbocycles. The molecule has 0 saturated carbocycles. The van der Waals surface area contributed by atoms with Crippen LogP contribution in [0.5, 0.6) is 0 Å². The number of aryl methyl sites for hydroxylation is 1. The molecule has 0 heterocycles. The number of carbonyl (C=O) groups excluding carboxylic acids is 1. The van der Waals surface area contributed by atoms with Crippen molar-refractivity contribution in [2.75, 3.05) is 5.32 Å². The Morgan fingerprint density at radius 1 is 0.929 bits per heavy atom. The third-order valence-electron chi connectivity index (χ3n) is 4.70. The fourth-order valence-corrected chi connectivity index (χ4v) is 3.82. The van der Waals surface area contributed by atoms with E-state index < -0.39 is 0 Å². The predicted molar refractivity (Wildman–Crippen MR) is 120 cm³/mol. The summed E-state index contributed by atoms with van der Waals surface area (Å²) in [5.41, 5.74) is 5.17. The van der Waals surface area contributed by atoms with Gasteiger partial charge in [0.2, 0.25) is 0 Å². The summed E-state index contributed by atoms with van der Waals surface area (Å²) >= 11 is 1.81. The van der Waals surface area contributed by atoms with Crippen LogP contribution in [-0.2, 0) is 11.2 Å². The molecule has 0 radical (unpaired) electrons. The number of benzene rings is 3. The van der Waals surface area contributed by atoms with Gasteiger partial charge in [0.15, 0.2) is 0 Å². The first-order chi connectivity index (χ1) is 13.3. The highest BCUT2D eigenvalue weighted by Gasteiger charge is 2.14. The normalized spacial score (nSPS) is 11.3. The molecule has 0 atom stereocenters. The van der Waals surface area contributed by atoms with Crippen molar-refractivity contribution in [1.82, 2.24) is 0 Å². The largest absolute Gasteiger partial charge is 0.322 e. The van der Waals surface area contributed by atoms with Gasteiger partial charge in [0, 0.05) is 21.9 Å². The lowest BCUT2D eigenvalue weighted by Crippen LogP contribution is -2.15. The van der Waals surface area contributed by atoms with Crippen molar-refractivity contribution in [3.8, 4) is 0 Å². The molecule has 0 bridgehead atoms. The topological polar surface area (TPSA) is 29.1 Å². The van der Waals surface area contributed by atoms with Crippen LogP contribution in [-0.4, -0.2) is 5.91 Å². The van der Waals surface area contributed by atoms with Gasteiger partial charge in [-0.3, -0.25) is 4.79 Å². The molecule has 3 aromatic rings. The van der Waals surface area contributed by atoms with Crippen LogP contribution in [0.25, 0.3) is 0 Å². The Bertz CT molecular complexity index is 941. The van der Waals surface area contributed by atoms with Crippen LogP contribution in [0, 0.1) is 6.92 Å². The molecule has 0 unspecified atom stereocenters. The maximum absolute atomic E-state index is 12.6. The van der Waals surface area contributed by atoms with E-state index in [-0.39, 0.29) is 11.3 Å². The lowest BCUT2D eigenvalue weighted by Gasteiger charge is -2.19. The van der Waals surface area contributed by atoms with Gasteiger partial charge in [-0.1, -0.05) is 63.2 Å². The van der Waals surface area contributed by atoms with E-state index in [4.69, 9.17) is 0 Å². The van der Waals surface area contributed by atoms with E-state index in [2.05, 4.69) is 62.5 Å². The number of amides is 1. The van der Waals surface area contributed by atoms with Crippen molar-refractivity contribution < 1.29 is 4.79 Å². The second kappa shape index (κ2) is 8.66. The molecule has 0 aromatic heterocycles. The summed E-state index contributed by atoms with van der Waals surface area (Å²) < 4.78 is 0. The van der Waals surface area contributed by atoms with Gasteiger partial charge in [0.25, 0.3) is 5.91 Å². The van der Waals surface area contributed by atoms with Crippen molar-refractivity contribution in [3.63, 3.8) is 0 Å². The zero-order valence-electron chi connectivity index (χ0n) is 17.0. The molecule has 3 rings (SSSR count). The van der Waals surface area contributed by atoms with E-state index in [1.807, 2.05) is 55.1 Å². The fourth-order valence-electron chi connectivity index (χ4n) is 2.96. The molecule has 0 fully saturated rings. The van der Waals surface area contributed by atoms with Crippen LogP contribution in [0.3, 0.4) is 0 Å². The molecule has 3 aromatic carbocycles. The summed E-state index contributed by atoms with van der Waals surface area (Å²) in [5, 5.41) is 3.04. The molecular weight excluding hydrogens is 362 g/mol. The number of hydrogen-bond donors (Lipinski definition) is 1. The van der Waals surface area contributed by atoms with Crippen LogP contribution in [0.4, 0.5) is 5.69 Å². The van der Waals surface area contributed by atoms with Crippen LogP contribution in [0.15, 0.2) is 77.7 Å². The molecule has 0 aliphatic rings. The van der Waals surface area contributed by atoms with Crippen molar-refractivity contribution in [2.45, 2.75) is 43.8 Å². The van der Waals surface area contributed by atoms with Gasteiger partial charge in [0.05, 0.1) is 0 Å². The quantitative estimate of drug-likeness (QED) is 0.484. The Labute approximate surface area is 172 Å². The minimum Gasteiger partial charge on any atom is -0.322 e. The average Bonchev–Trinajstić information content (AvgIpc) is 2.68. The molecule has 0 aliphatic heterocycles. The van der Waals surface area contributed by atoms with E-state index in [0.29, 0.717) is 5.56 Å². The molecular formula is C25H27NOS. The Morgan fingerprint density at radius 2 is 1.61 bits per heavy atom. The van der Waals surface area contributed by atoms with Crippen molar-refractivity contribution >= 4 is 23.4 Å². The standard InChI is InChI=1S/C25H27NOS/c1-18-16-19(17-28-22-8-6-5-7-9-22)10-15-23(18)26-24(27)20-11-13-21(14-12-20)25(2,3)4/h5-16H,17H2,1-4H3,(H,26,27). The summed E-state index contributed by atoms with van der Waals surface area (Å²) in [7, 11) is 0. The van der Waals surface area contributed by atoms with Crippen LogP contribution in [0.2, 0.25) is 0 Å². The lowest BCUT2D eigenvalue weighted by molar-refractivity contribution is 0.102. The average molecular weight is 390 g/mol. The molecule has 1 amide bonds. The van der Waals surface area contributed by atoms with Gasteiger partial charge < -0.3 is 5.32 Å². The number of rotatable bonds is 5. The van der Waals surface area contributed by atoms with Gasteiger partial charge in [0.1, 0.15) is 0 Å². The Kier molecular flexibility index (Phi) is 6.25. The minimum atomic E-state index is -0.0741. The first-order valence-electron chi connectivity index (χ1n) is 9.52. The summed E-state index contributed by atoms with van der Waals surface area (Å²) in [6, 6.07) is 24.5. The van der Waals surface area contributed by atoms with Crippen LogP contribution >= 0.6 is 11.8 Å². The Morgan fingerprint density at radius 3 is 2.21 bits per heavy atom. The van der Waals surface area contributed by atoms with Gasteiger partial charge in [-0.25, -0.2) is 0 Å². The maximum Gasteiger partial charge on any atom is 0.255 e. The zero-order valence-corrected chi connectivity index (χ0v) is 17.8. The SMILES string of the molecule is Cc1cc(CSc2ccccc2)ccc1NC(=O)c1ccc(C(C)(C)C)cc1. The van der Waals surface area contributed by atoms with Crippen molar-refractivity contribution in [2.24, 2.45) is 0 Å². The number of nitrogens with one attached hydrogen (secondary N) is 1. The van der Waals surface area contributed by atoms with Gasteiger partial charge in [-0.15, -0.1) is 11.8 Å². The van der Waals surface area contributed by atoms with Crippen LogP contribution in [0.1, 0.15) is 47.8 Å². The monoisotopic (exact) mass is 389 g/mol. The molecule has 144 valence electrons. The second-order valence-electron chi connectivity index (χ2n) is 8.03. The second-order valence-corrected chi connectivity index (χ2v) is 9.08. The van der Waals surface area contributed by atoms with Crippen LogP contribution < -0.4 is 5.32 Å². The number of hydrogen-bond acceptors (Lipinski definition) is 2. The zero-order chi connectivity index (χ0) is 20.1. The lowest BCUT2D eigenvalue weighted by atomic mass is 9.87. The highest BCUT2D eigenvalue weighted by atomic mass is 32.2. The van der Waals surface area contributed by atoms with E-state index >= 15 is 0 Å². The number of carbonyl (C=O) groups is 1. The van der Waals surface area contributed by atoms with Crippen molar-refractivity contribution in [3.05, 3.63) is 95.1 Å². The number of anilines is 1. The van der Waals surface area contributed by atoms with Gasteiger partial charge in [-0.2, -0.15) is 0 Å². The summed E-state index contributed by atoms with van der Waals surface area (Å²) in [5.74, 6) is 0.836. The Balaban J connectivity index is 1.64. The summed E-state index contributed by atoms with van der Waals surface area (Å²) in [4.78, 5) is 13.9. The van der Waals surface area contributed by atoms with Crippen molar-refractivity contribution in [1.29, 1.82) is 0 Å². The van der Waals surface area contributed by atoms with E-state index in [1.165, 1.54) is 16.0 Å². The van der Waals surface area contributed by atoms with Gasteiger partial charge in [-0.05, 0) is 59.4 Å². The smallest absolute Gasteiger partial charge is 0.255 e. The van der Waals surface area contributed by atoms with E-state index in [9.17, 15) is 4.79 Å². The highest BCUT2D eigenvalue weighted by molar-refractivity contribution is 7.98. The first-order valence-corrected chi connectivity index (χ1v) is 10.5. The Hall–Kier alpha value is -2.52. The molecule has 0 saturated heterocycles. The molecule has 28 heavy (non-hydrogen) atoms.